The van der Waals surface area contributed by atoms with Crippen LogP contribution < -0.4 is 9.61 Å². The van der Waals surface area contributed by atoms with E-state index in [4.69, 9.17) is 20.2 Å². The minimum absolute atomic E-state index is 0.0230. The molecule has 0 spiro atoms. The van der Waals surface area contributed by atoms with Gasteiger partial charge in [-0.05, 0) is 41.1 Å². The summed E-state index contributed by atoms with van der Waals surface area (Å²) >= 11 is 6.04. The van der Waals surface area contributed by atoms with Crippen molar-refractivity contribution in [2.75, 3.05) is 0 Å². The summed E-state index contributed by atoms with van der Waals surface area (Å²) < 4.78 is 37.7. The summed E-state index contributed by atoms with van der Waals surface area (Å²) in [6.45, 7) is 0. The molecule has 4 aromatic carbocycles. The van der Waals surface area contributed by atoms with Crippen LogP contribution in [0.15, 0.2) is 105 Å². The van der Waals surface area contributed by atoms with E-state index in [0.717, 1.165) is 10.8 Å². The Morgan fingerprint density at radius 3 is 2.28 bits per heavy atom. The van der Waals surface area contributed by atoms with E-state index in [1.54, 1.807) is 54.6 Å². The number of halogens is 1. The Hall–Kier alpha value is -3.61. The monoisotopic (exact) mass is 462 g/mol. The van der Waals surface area contributed by atoms with Crippen LogP contribution in [0.5, 0.6) is 5.75 Å². The van der Waals surface area contributed by atoms with Gasteiger partial charge in [0, 0.05) is 10.6 Å². The Labute approximate surface area is 188 Å². The van der Waals surface area contributed by atoms with Gasteiger partial charge in [-0.3, -0.25) is 4.79 Å². The van der Waals surface area contributed by atoms with Crippen LogP contribution in [-0.2, 0) is 10.1 Å². The number of benzene rings is 4. The molecule has 0 N–H and O–H groups in total. The van der Waals surface area contributed by atoms with Gasteiger partial charge in [0.05, 0.1) is 5.39 Å². The first-order valence-corrected chi connectivity index (χ1v) is 11.5. The Bertz CT molecular complexity index is 1640. The van der Waals surface area contributed by atoms with Crippen molar-refractivity contribution < 1.29 is 17.0 Å². The Morgan fingerprint density at radius 2 is 1.50 bits per heavy atom. The largest absolute Gasteiger partial charge is 0.452 e. The summed E-state index contributed by atoms with van der Waals surface area (Å²) in [6, 6.07) is 25.3. The molecule has 32 heavy (non-hydrogen) atoms. The lowest BCUT2D eigenvalue weighted by atomic mass is 10.1. The predicted molar refractivity (Wildman–Crippen MR) is 125 cm³/mol. The van der Waals surface area contributed by atoms with Gasteiger partial charge in [-0.25, -0.2) is 0 Å². The second kappa shape index (κ2) is 7.82. The highest BCUT2D eigenvalue weighted by atomic mass is 35.5. The van der Waals surface area contributed by atoms with Gasteiger partial charge < -0.3 is 8.60 Å². The first kappa shape index (κ1) is 20.3. The second-order valence-corrected chi connectivity index (χ2v) is 9.13. The van der Waals surface area contributed by atoms with Gasteiger partial charge in [0.15, 0.2) is 5.76 Å². The number of hydrogen-bond donors (Lipinski definition) is 0. The lowest BCUT2D eigenvalue weighted by molar-refractivity contribution is 0.472. The Balaban J connectivity index is 1.71. The molecule has 0 bridgehead atoms. The van der Waals surface area contributed by atoms with Crippen LogP contribution in [-0.4, -0.2) is 8.42 Å². The molecule has 0 aliphatic carbocycles. The average Bonchev–Trinajstić information content (AvgIpc) is 2.81. The molecule has 158 valence electrons. The molecule has 0 saturated carbocycles. The summed E-state index contributed by atoms with van der Waals surface area (Å²) in [5.74, 6) is -0.395. The lowest BCUT2D eigenvalue weighted by Crippen LogP contribution is -2.17. The maximum absolute atomic E-state index is 13.3. The second-order valence-electron chi connectivity index (χ2n) is 7.14. The first-order chi connectivity index (χ1) is 15.4. The fraction of sp³-hybridized carbons (Fsp3) is 0. The van der Waals surface area contributed by atoms with Crippen LogP contribution in [0.1, 0.15) is 0 Å². The summed E-state index contributed by atoms with van der Waals surface area (Å²) in [4.78, 5) is 13.2. The van der Waals surface area contributed by atoms with Crippen molar-refractivity contribution in [3.05, 3.63) is 106 Å². The summed E-state index contributed by atoms with van der Waals surface area (Å²) in [5, 5.41) is 2.07. The zero-order valence-electron chi connectivity index (χ0n) is 16.5. The number of fused-ring (bicyclic) bond motifs is 2. The summed E-state index contributed by atoms with van der Waals surface area (Å²) in [7, 11) is -4.33. The SMILES string of the molecule is O=c1c(OS(=O)(=O)c2ccc3ccccc3c2)c(-c2ccccc2)oc2ccc(Cl)cc12. The smallest absolute Gasteiger partial charge is 0.339 e. The van der Waals surface area contributed by atoms with E-state index in [-0.39, 0.29) is 21.6 Å². The zero-order chi connectivity index (χ0) is 22.3. The highest BCUT2D eigenvalue weighted by Gasteiger charge is 2.25. The molecule has 5 rings (SSSR count). The highest BCUT2D eigenvalue weighted by Crippen LogP contribution is 2.33. The van der Waals surface area contributed by atoms with E-state index in [1.165, 1.54) is 18.2 Å². The predicted octanol–water partition coefficient (Wildman–Crippen LogP) is 6.03. The number of hydrogen-bond acceptors (Lipinski definition) is 5. The average molecular weight is 463 g/mol. The molecule has 0 unspecified atom stereocenters. The van der Waals surface area contributed by atoms with Crippen molar-refractivity contribution in [2.24, 2.45) is 0 Å². The summed E-state index contributed by atoms with van der Waals surface area (Å²) in [6.07, 6.45) is 0. The van der Waals surface area contributed by atoms with Crippen LogP contribution in [0.4, 0.5) is 0 Å². The fourth-order valence-electron chi connectivity index (χ4n) is 3.49. The molecule has 0 aliphatic rings. The maximum Gasteiger partial charge on any atom is 0.339 e. The van der Waals surface area contributed by atoms with E-state index < -0.39 is 21.3 Å². The molecule has 0 fully saturated rings. The van der Waals surface area contributed by atoms with Gasteiger partial charge >= 0.3 is 10.1 Å². The standard InChI is InChI=1S/C25H15ClO5S/c26-19-11-13-22-21(15-19)23(27)25(24(30-22)17-7-2-1-3-8-17)31-32(28,29)20-12-10-16-6-4-5-9-18(16)14-20/h1-15H. The molecule has 0 amide bonds. The topological polar surface area (TPSA) is 73.6 Å². The Morgan fingerprint density at radius 1 is 0.781 bits per heavy atom. The minimum Gasteiger partial charge on any atom is -0.452 e. The molecule has 5 nitrogen and oxygen atoms in total. The lowest BCUT2D eigenvalue weighted by Gasteiger charge is -2.12. The third-order valence-corrected chi connectivity index (χ3v) is 6.50. The van der Waals surface area contributed by atoms with Gasteiger partial charge in [0.1, 0.15) is 10.5 Å². The van der Waals surface area contributed by atoms with E-state index in [9.17, 15) is 13.2 Å². The molecule has 5 aromatic rings. The molecule has 0 radical (unpaired) electrons. The minimum atomic E-state index is -4.33. The molecule has 1 heterocycles. The maximum atomic E-state index is 13.3. The van der Waals surface area contributed by atoms with E-state index in [2.05, 4.69) is 0 Å². The van der Waals surface area contributed by atoms with Crippen molar-refractivity contribution >= 4 is 43.5 Å². The number of rotatable bonds is 4. The van der Waals surface area contributed by atoms with Crippen LogP contribution in [0.2, 0.25) is 5.02 Å². The molecule has 0 saturated heterocycles. The third-order valence-electron chi connectivity index (χ3n) is 5.05. The van der Waals surface area contributed by atoms with Crippen LogP contribution in [0, 0.1) is 0 Å². The molecule has 0 aliphatic heterocycles. The van der Waals surface area contributed by atoms with E-state index >= 15 is 0 Å². The van der Waals surface area contributed by atoms with Crippen molar-refractivity contribution in [3.8, 4) is 17.1 Å². The van der Waals surface area contributed by atoms with Crippen LogP contribution >= 0.6 is 11.6 Å². The fourth-order valence-corrected chi connectivity index (χ4v) is 4.63. The molecule has 0 atom stereocenters. The van der Waals surface area contributed by atoms with Crippen molar-refractivity contribution in [1.82, 2.24) is 0 Å². The third kappa shape index (κ3) is 3.64. The molecule has 1 aromatic heterocycles. The van der Waals surface area contributed by atoms with Gasteiger partial charge in [0.2, 0.25) is 11.2 Å². The van der Waals surface area contributed by atoms with Gasteiger partial charge in [-0.2, -0.15) is 8.42 Å². The normalized spacial score (nSPS) is 11.7. The zero-order valence-corrected chi connectivity index (χ0v) is 18.1. The van der Waals surface area contributed by atoms with Gasteiger partial charge in [0.25, 0.3) is 0 Å². The van der Waals surface area contributed by atoms with Crippen molar-refractivity contribution in [2.45, 2.75) is 4.90 Å². The van der Waals surface area contributed by atoms with Crippen molar-refractivity contribution in [1.29, 1.82) is 0 Å². The molecule has 7 heteroatoms. The Kier molecular flexibility index (Phi) is 4.96. The van der Waals surface area contributed by atoms with Gasteiger partial charge in [-0.1, -0.05) is 72.3 Å². The first-order valence-electron chi connectivity index (χ1n) is 9.67. The van der Waals surface area contributed by atoms with Crippen LogP contribution in [0.25, 0.3) is 33.1 Å². The van der Waals surface area contributed by atoms with E-state index in [0.29, 0.717) is 10.6 Å². The molecular formula is C25H15ClO5S. The molecular weight excluding hydrogens is 448 g/mol. The highest BCUT2D eigenvalue weighted by molar-refractivity contribution is 7.87. The van der Waals surface area contributed by atoms with Crippen molar-refractivity contribution in [3.63, 3.8) is 0 Å². The quantitative estimate of drug-likeness (QED) is 0.305. The van der Waals surface area contributed by atoms with Gasteiger partial charge in [-0.15, -0.1) is 0 Å². The summed E-state index contributed by atoms with van der Waals surface area (Å²) in [5.41, 5.74) is 0.149. The van der Waals surface area contributed by atoms with Crippen LogP contribution in [0.3, 0.4) is 0 Å². The van der Waals surface area contributed by atoms with E-state index in [1.807, 2.05) is 18.2 Å².